The van der Waals surface area contributed by atoms with Crippen LogP contribution in [0.5, 0.6) is 0 Å². The number of nitrogens with one attached hydrogen (secondary N) is 1. The summed E-state index contributed by atoms with van der Waals surface area (Å²) in [5.74, 6) is -1.32. The third kappa shape index (κ3) is 5.00. The number of rotatable bonds is 6. The van der Waals surface area contributed by atoms with E-state index >= 15 is 0 Å². The lowest BCUT2D eigenvalue weighted by Gasteiger charge is -2.28. The van der Waals surface area contributed by atoms with Crippen molar-refractivity contribution in [2.75, 3.05) is 13.7 Å². The first-order valence-electron chi connectivity index (χ1n) is 5.65. The minimum absolute atomic E-state index is 0.127. The largest absolute Gasteiger partial charge is 0.481 e. The van der Waals surface area contributed by atoms with E-state index in [1.165, 1.54) is 7.11 Å². The number of methoxy groups -OCH3 is 1. The summed E-state index contributed by atoms with van der Waals surface area (Å²) in [5.41, 5.74) is -0.471. The Hall–Kier alpha value is -1.40. The molecule has 5 nitrogen and oxygen atoms in total. The van der Waals surface area contributed by atoms with Crippen LogP contribution in [0.2, 0.25) is 0 Å². The lowest BCUT2D eigenvalue weighted by Crippen LogP contribution is -2.50. The summed E-state index contributed by atoms with van der Waals surface area (Å²) in [6.07, 6.45) is -0.205. The van der Waals surface area contributed by atoms with Gasteiger partial charge in [0, 0.05) is 17.1 Å². The Morgan fingerprint density at radius 2 is 1.95 bits per heavy atom. The minimum Gasteiger partial charge on any atom is -0.481 e. The summed E-state index contributed by atoms with van der Waals surface area (Å²) in [4.78, 5) is 22.9. The molecule has 0 heterocycles. The SMILES string of the molecule is COCC(C)(CC(=O)O)NC(=O)c1ccc(Br)cc1. The summed E-state index contributed by atoms with van der Waals surface area (Å²) in [6, 6.07) is 6.82. The van der Waals surface area contributed by atoms with Crippen molar-refractivity contribution >= 4 is 27.8 Å². The fourth-order valence-corrected chi connectivity index (χ4v) is 2.00. The molecule has 0 aromatic heterocycles. The third-order valence-electron chi connectivity index (χ3n) is 2.53. The summed E-state index contributed by atoms with van der Waals surface area (Å²) >= 11 is 3.28. The molecule has 0 aliphatic rings. The lowest BCUT2D eigenvalue weighted by molar-refractivity contribution is -0.139. The zero-order valence-corrected chi connectivity index (χ0v) is 12.4. The quantitative estimate of drug-likeness (QED) is 0.837. The van der Waals surface area contributed by atoms with Gasteiger partial charge in [-0.1, -0.05) is 15.9 Å². The first-order chi connectivity index (χ1) is 8.86. The zero-order valence-electron chi connectivity index (χ0n) is 10.8. The van der Waals surface area contributed by atoms with Gasteiger partial charge in [-0.25, -0.2) is 0 Å². The molecule has 104 valence electrons. The standard InChI is InChI=1S/C13H16BrNO4/c1-13(8-19-2,7-11(16)17)15-12(18)9-3-5-10(14)6-4-9/h3-6H,7-8H2,1-2H3,(H,15,18)(H,16,17). The van der Waals surface area contributed by atoms with Gasteiger partial charge in [0.2, 0.25) is 0 Å². The van der Waals surface area contributed by atoms with Crippen LogP contribution in [-0.4, -0.2) is 36.2 Å². The second-order valence-electron chi connectivity index (χ2n) is 4.53. The first kappa shape index (κ1) is 15.7. The number of benzene rings is 1. The maximum Gasteiger partial charge on any atom is 0.305 e. The molecule has 1 aromatic rings. The number of carbonyl (C=O) groups is 2. The molecule has 0 saturated carbocycles. The normalized spacial score (nSPS) is 13.6. The monoisotopic (exact) mass is 329 g/mol. The third-order valence-corrected chi connectivity index (χ3v) is 3.05. The van der Waals surface area contributed by atoms with Crippen molar-refractivity contribution < 1.29 is 19.4 Å². The average Bonchev–Trinajstić information content (AvgIpc) is 2.28. The van der Waals surface area contributed by atoms with Gasteiger partial charge in [0.15, 0.2) is 0 Å². The van der Waals surface area contributed by atoms with E-state index in [1.54, 1.807) is 31.2 Å². The Kier molecular flexibility index (Phi) is 5.50. The van der Waals surface area contributed by atoms with Crippen LogP contribution >= 0.6 is 15.9 Å². The molecule has 6 heteroatoms. The Labute approximate surface area is 120 Å². The van der Waals surface area contributed by atoms with Crippen LogP contribution in [0.4, 0.5) is 0 Å². The van der Waals surface area contributed by atoms with Gasteiger partial charge in [-0.05, 0) is 31.2 Å². The van der Waals surface area contributed by atoms with Gasteiger partial charge >= 0.3 is 5.97 Å². The highest BCUT2D eigenvalue weighted by Crippen LogP contribution is 2.14. The van der Waals surface area contributed by atoms with E-state index in [1.807, 2.05) is 0 Å². The smallest absolute Gasteiger partial charge is 0.305 e. The topological polar surface area (TPSA) is 75.6 Å². The number of hydrogen-bond acceptors (Lipinski definition) is 3. The molecule has 0 saturated heterocycles. The molecule has 0 aliphatic carbocycles. The molecular formula is C13H16BrNO4. The highest BCUT2D eigenvalue weighted by Gasteiger charge is 2.29. The predicted octanol–water partition coefficient (Wildman–Crippen LogP) is 2.06. The van der Waals surface area contributed by atoms with Gasteiger partial charge in [-0.15, -0.1) is 0 Å². The lowest BCUT2D eigenvalue weighted by atomic mass is 9.98. The summed E-state index contributed by atoms with van der Waals surface area (Å²) in [5, 5.41) is 11.6. The number of halogens is 1. The fraction of sp³-hybridized carbons (Fsp3) is 0.385. The summed E-state index contributed by atoms with van der Waals surface area (Å²) < 4.78 is 5.85. The molecule has 1 rings (SSSR count). The van der Waals surface area contributed by atoms with Crippen LogP contribution in [0.1, 0.15) is 23.7 Å². The molecule has 0 radical (unpaired) electrons. The second kappa shape index (κ2) is 6.68. The van der Waals surface area contributed by atoms with Gasteiger partial charge in [-0.3, -0.25) is 9.59 Å². The number of carbonyl (C=O) groups excluding carboxylic acids is 1. The number of amides is 1. The molecule has 1 aromatic carbocycles. The van der Waals surface area contributed by atoms with Crippen LogP contribution in [0.25, 0.3) is 0 Å². The molecule has 2 N–H and O–H groups in total. The number of ether oxygens (including phenoxy) is 1. The molecule has 0 bridgehead atoms. The molecule has 0 spiro atoms. The van der Waals surface area contributed by atoms with Crippen molar-refractivity contribution in [1.82, 2.24) is 5.32 Å². The van der Waals surface area contributed by atoms with Crippen LogP contribution < -0.4 is 5.32 Å². The highest BCUT2D eigenvalue weighted by atomic mass is 79.9. The van der Waals surface area contributed by atoms with E-state index < -0.39 is 11.5 Å². The minimum atomic E-state index is -0.990. The van der Waals surface area contributed by atoms with Crippen molar-refractivity contribution in [2.24, 2.45) is 0 Å². The second-order valence-corrected chi connectivity index (χ2v) is 5.44. The Morgan fingerprint density at radius 1 is 1.37 bits per heavy atom. The van der Waals surface area contributed by atoms with Gasteiger partial charge in [-0.2, -0.15) is 0 Å². The molecule has 1 amide bonds. The van der Waals surface area contributed by atoms with Crippen molar-refractivity contribution in [3.05, 3.63) is 34.3 Å². The Balaban J connectivity index is 2.81. The summed E-state index contributed by atoms with van der Waals surface area (Å²) in [7, 11) is 1.46. The van der Waals surface area contributed by atoms with Crippen molar-refractivity contribution in [2.45, 2.75) is 18.9 Å². The number of aliphatic carboxylic acids is 1. The van der Waals surface area contributed by atoms with Crippen molar-refractivity contribution in [3.63, 3.8) is 0 Å². The molecule has 1 unspecified atom stereocenters. The Morgan fingerprint density at radius 3 is 2.42 bits per heavy atom. The van der Waals surface area contributed by atoms with E-state index in [2.05, 4.69) is 21.2 Å². The average molecular weight is 330 g/mol. The maximum atomic E-state index is 12.1. The Bertz CT molecular complexity index is 460. The predicted molar refractivity (Wildman–Crippen MR) is 74.1 cm³/mol. The first-order valence-corrected chi connectivity index (χ1v) is 6.44. The highest BCUT2D eigenvalue weighted by molar-refractivity contribution is 9.10. The molecular weight excluding hydrogens is 314 g/mol. The van der Waals surface area contributed by atoms with Gasteiger partial charge in [0.05, 0.1) is 18.6 Å². The molecule has 0 aliphatic heterocycles. The van der Waals surface area contributed by atoms with Crippen LogP contribution in [0.3, 0.4) is 0 Å². The van der Waals surface area contributed by atoms with Crippen LogP contribution in [0, 0.1) is 0 Å². The fourth-order valence-electron chi connectivity index (χ4n) is 1.73. The van der Waals surface area contributed by atoms with Gasteiger partial charge in [0.1, 0.15) is 0 Å². The van der Waals surface area contributed by atoms with Gasteiger partial charge < -0.3 is 15.2 Å². The number of carboxylic acids is 1. The van der Waals surface area contributed by atoms with Gasteiger partial charge in [0.25, 0.3) is 5.91 Å². The van der Waals surface area contributed by atoms with E-state index in [9.17, 15) is 9.59 Å². The molecule has 1 atom stereocenters. The number of carboxylic acid groups (broad SMARTS) is 1. The maximum absolute atomic E-state index is 12.1. The van der Waals surface area contributed by atoms with Crippen molar-refractivity contribution in [3.8, 4) is 0 Å². The number of hydrogen-bond donors (Lipinski definition) is 2. The van der Waals surface area contributed by atoms with E-state index in [0.29, 0.717) is 5.56 Å². The molecule has 0 fully saturated rings. The van der Waals surface area contributed by atoms with E-state index in [-0.39, 0.29) is 18.9 Å². The van der Waals surface area contributed by atoms with E-state index in [0.717, 1.165) is 4.47 Å². The zero-order chi connectivity index (χ0) is 14.5. The van der Waals surface area contributed by atoms with Crippen LogP contribution in [0.15, 0.2) is 28.7 Å². The van der Waals surface area contributed by atoms with Crippen LogP contribution in [-0.2, 0) is 9.53 Å². The molecule has 19 heavy (non-hydrogen) atoms. The van der Waals surface area contributed by atoms with Crippen molar-refractivity contribution in [1.29, 1.82) is 0 Å². The summed E-state index contributed by atoms with van der Waals surface area (Å²) in [6.45, 7) is 1.77. The van der Waals surface area contributed by atoms with E-state index in [4.69, 9.17) is 9.84 Å².